The van der Waals surface area contributed by atoms with Crippen molar-refractivity contribution in [3.05, 3.63) is 48.7 Å². The van der Waals surface area contributed by atoms with E-state index in [4.69, 9.17) is 9.97 Å². The molecular formula is C21H25N5. The number of aromatic nitrogens is 4. The minimum atomic E-state index is 0.565. The summed E-state index contributed by atoms with van der Waals surface area (Å²) in [5.41, 5.74) is 1.94. The zero-order valence-electron chi connectivity index (χ0n) is 15.1. The largest absolute Gasteiger partial charge is 0.355 e. The molecule has 0 atom stereocenters. The minimum Gasteiger partial charge on any atom is -0.355 e. The van der Waals surface area contributed by atoms with E-state index in [9.17, 15) is 0 Å². The van der Waals surface area contributed by atoms with E-state index in [1.54, 1.807) is 0 Å². The van der Waals surface area contributed by atoms with Gasteiger partial charge in [-0.15, -0.1) is 0 Å². The average Bonchev–Trinajstić information content (AvgIpc) is 3.13. The Bertz CT molecular complexity index is 890. The van der Waals surface area contributed by atoms with Crippen LogP contribution in [0.5, 0.6) is 0 Å². The van der Waals surface area contributed by atoms with Crippen LogP contribution in [0.4, 0.5) is 5.82 Å². The number of hydrogen-bond donors (Lipinski definition) is 0. The second kappa shape index (κ2) is 6.71. The molecule has 26 heavy (non-hydrogen) atoms. The van der Waals surface area contributed by atoms with Crippen molar-refractivity contribution in [3.8, 4) is 0 Å². The zero-order chi connectivity index (χ0) is 17.3. The third kappa shape index (κ3) is 2.96. The Kier molecular flexibility index (Phi) is 4.07. The molecule has 1 aromatic carbocycles. The highest BCUT2D eigenvalue weighted by atomic mass is 15.2. The summed E-state index contributed by atoms with van der Waals surface area (Å²) < 4.78 is 2.42. The van der Waals surface area contributed by atoms with E-state index in [0.29, 0.717) is 5.92 Å². The Morgan fingerprint density at radius 1 is 0.962 bits per heavy atom. The van der Waals surface area contributed by atoms with Crippen molar-refractivity contribution in [3.63, 3.8) is 0 Å². The first-order chi connectivity index (χ1) is 12.9. The maximum absolute atomic E-state index is 4.80. The van der Waals surface area contributed by atoms with Crippen molar-refractivity contribution in [1.82, 2.24) is 19.5 Å². The summed E-state index contributed by atoms with van der Waals surface area (Å²) in [5, 5.41) is 0. The van der Waals surface area contributed by atoms with Crippen LogP contribution < -0.4 is 4.90 Å². The highest BCUT2D eigenvalue weighted by Gasteiger charge is 2.26. The van der Waals surface area contributed by atoms with Crippen molar-refractivity contribution in [2.24, 2.45) is 5.92 Å². The lowest BCUT2D eigenvalue weighted by molar-refractivity contribution is 0.270. The number of imidazole rings is 1. The van der Waals surface area contributed by atoms with Crippen LogP contribution in [0.2, 0.25) is 0 Å². The number of anilines is 1. The number of benzene rings is 1. The molecule has 1 aliphatic heterocycles. The maximum atomic E-state index is 4.80. The van der Waals surface area contributed by atoms with E-state index < -0.39 is 0 Å². The molecule has 2 aliphatic rings. The molecule has 0 spiro atoms. The molecule has 1 saturated heterocycles. The number of fused-ring (bicyclic) bond motifs is 1. The van der Waals surface area contributed by atoms with E-state index in [1.165, 1.54) is 25.1 Å². The molecule has 3 heterocycles. The van der Waals surface area contributed by atoms with Crippen LogP contribution in [-0.4, -0.2) is 32.6 Å². The van der Waals surface area contributed by atoms with Gasteiger partial charge < -0.3 is 9.47 Å². The Morgan fingerprint density at radius 3 is 2.54 bits per heavy atom. The fourth-order valence-electron chi connectivity index (χ4n) is 4.26. The quantitative estimate of drug-likeness (QED) is 0.715. The van der Waals surface area contributed by atoms with Crippen molar-refractivity contribution < 1.29 is 0 Å². The Balaban J connectivity index is 1.27. The molecule has 2 aromatic heterocycles. The first-order valence-corrected chi connectivity index (χ1v) is 9.84. The van der Waals surface area contributed by atoms with Crippen molar-refractivity contribution in [2.45, 2.75) is 44.6 Å². The smallest absolute Gasteiger partial charge is 0.147 e. The molecule has 0 N–H and O–H groups in total. The van der Waals surface area contributed by atoms with Crippen LogP contribution in [0.25, 0.3) is 11.0 Å². The molecule has 5 rings (SSSR count). The van der Waals surface area contributed by atoms with Gasteiger partial charge in [0.2, 0.25) is 0 Å². The van der Waals surface area contributed by atoms with E-state index in [2.05, 4.69) is 20.6 Å². The van der Waals surface area contributed by atoms with Crippen LogP contribution in [0.1, 0.15) is 43.8 Å². The van der Waals surface area contributed by atoms with Gasteiger partial charge in [-0.1, -0.05) is 18.6 Å². The lowest BCUT2D eigenvalue weighted by Gasteiger charge is -2.33. The third-order valence-electron chi connectivity index (χ3n) is 6.05. The van der Waals surface area contributed by atoms with Gasteiger partial charge in [0.1, 0.15) is 11.6 Å². The number of para-hydroxylation sites is 2. The highest BCUT2D eigenvalue weighted by Crippen LogP contribution is 2.32. The maximum Gasteiger partial charge on any atom is 0.147 e. The second-order valence-corrected chi connectivity index (χ2v) is 7.71. The van der Waals surface area contributed by atoms with E-state index in [0.717, 1.165) is 55.2 Å². The predicted molar refractivity (Wildman–Crippen MR) is 103 cm³/mol. The first kappa shape index (κ1) is 15.8. The Labute approximate surface area is 154 Å². The molecule has 0 radical (unpaired) electrons. The van der Waals surface area contributed by atoms with Crippen LogP contribution in [0.15, 0.2) is 42.9 Å². The zero-order valence-corrected chi connectivity index (χ0v) is 15.1. The fraction of sp³-hybridized carbons (Fsp3) is 0.476. The van der Waals surface area contributed by atoms with E-state index >= 15 is 0 Å². The molecule has 0 amide bonds. The normalized spacial score (nSPS) is 19.0. The van der Waals surface area contributed by atoms with Crippen molar-refractivity contribution in [2.75, 3.05) is 18.0 Å². The Morgan fingerprint density at radius 2 is 1.77 bits per heavy atom. The molecule has 1 saturated carbocycles. The summed E-state index contributed by atoms with van der Waals surface area (Å²) in [6.45, 7) is 3.20. The molecule has 0 unspecified atom stereocenters. The van der Waals surface area contributed by atoms with Crippen LogP contribution in [0, 0.1) is 5.92 Å². The topological polar surface area (TPSA) is 46.8 Å². The summed E-state index contributed by atoms with van der Waals surface area (Å²) >= 11 is 0. The number of hydrogen-bond acceptors (Lipinski definition) is 4. The van der Waals surface area contributed by atoms with E-state index in [-0.39, 0.29) is 0 Å². The van der Waals surface area contributed by atoms with Gasteiger partial charge in [0.15, 0.2) is 0 Å². The van der Waals surface area contributed by atoms with Crippen LogP contribution in [-0.2, 0) is 6.54 Å². The minimum absolute atomic E-state index is 0.565. The first-order valence-electron chi connectivity index (χ1n) is 9.84. The van der Waals surface area contributed by atoms with Gasteiger partial charge in [0.05, 0.1) is 17.2 Å². The summed E-state index contributed by atoms with van der Waals surface area (Å²) in [6, 6.07) is 8.08. The SMILES string of the molecule is c1ccc2nc(N3CCC(c4nccn4CC4CCC4)CC3)cnc2c1. The van der Waals surface area contributed by atoms with E-state index in [1.807, 2.05) is 36.7 Å². The predicted octanol–water partition coefficient (Wildman–Crippen LogP) is 4.01. The summed E-state index contributed by atoms with van der Waals surface area (Å²) in [6.07, 6.45) is 12.5. The van der Waals surface area contributed by atoms with Gasteiger partial charge in [-0.2, -0.15) is 0 Å². The van der Waals surface area contributed by atoms with Gasteiger partial charge in [-0.3, -0.25) is 4.98 Å². The van der Waals surface area contributed by atoms with Gasteiger partial charge in [-0.05, 0) is 43.7 Å². The van der Waals surface area contributed by atoms with Crippen molar-refractivity contribution >= 4 is 16.9 Å². The number of nitrogens with zero attached hydrogens (tertiary/aromatic N) is 5. The number of rotatable bonds is 4. The lowest BCUT2D eigenvalue weighted by atomic mass is 9.85. The molecule has 1 aliphatic carbocycles. The molecule has 5 heteroatoms. The molecule has 2 fully saturated rings. The molecule has 5 nitrogen and oxygen atoms in total. The highest BCUT2D eigenvalue weighted by molar-refractivity contribution is 5.75. The monoisotopic (exact) mass is 347 g/mol. The third-order valence-corrected chi connectivity index (χ3v) is 6.05. The fourth-order valence-corrected chi connectivity index (χ4v) is 4.26. The summed E-state index contributed by atoms with van der Waals surface area (Å²) in [4.78, 5) is 16.4. The average molecular weight is 347 g/mol. The lowest BCUT2D eigenvalue weighted by Crippen LogP contribution is -2.34. The molecule has 134 valence electrons. The standard InChI is InChI=1S/C21H25N5/c1-2-7-19-18(6-1)23-14-20(24-19)25-11-8-17(9-12-25)21-22-10-13-26(21)15-16-4-3-5-16/h1-2,6-7,10,13-14,16-17H,3-5,8-9,11-12,15H2. The van der Waals surface area contributed by atoms with Gasteiger partial charge in [0, 0.05) is 37.9 Å². The van der Waals surface area contributed by atoms with Crippen LogP contribution >= 0.6 is 0 Å². The summed E-state index contributed by atoms with van der Waals surface area (Å²) in [5.74, 6) is 3.73. The summed E-state index contributed by atoms with van der Waals surface area (Å²) in [7, 11) is 0. The van der Waals surface area contributed by atoms with Gasteiger partial charge in [-0.25, -0.2) is 9.97 Å². The van der Waals surface area contributed by atoms with Crippen LogP contribution in [0.3, 0.4) is 0 Å². The van der Waals surface area contributed by atoms with Gasteiger partial charge in [0.25, 0.3) is 0 Å². The van der Waals surface area contributed by atoms with Crippen molar-refractivity contribution in [1.29, 1.82) is 0 Å². The molecule has 0 bridgehead atoms. The molecule has 3 aromatic rings. The number of piperidine rings is 1. The second-order valence-electron chi connectivity index (χ2n) is 7.71. The van der Waals surface area contributed by atoms with Gasteiger partial charge >= 0.3 is 0 Å². The Hall–Kier alpha value is -2.43. The molecular weight excluding hydrogens is 322 g/mol.